The lowest BCUT2D eigenvalue weighted by Gasteiger charge is -2.34. The maximum atomic E-state index is 13.1. The molecule has 0 aromatic heterocycles. The van der Waals surface area contributed by atoms with Gasteiger partial charge in [0.2, 0.25) is 0 Å². The molecule has 2 unspecified atom stereocenters. The van der Waals surface area contributed by atoms with E-state index in [1.54, 1.807) is 24.3 Å². The number of ether oxygens (including phenoxy) is 1. The highest BCUT2D eigenvalue weighted by atomic mass is 19.4. The maximum Gasteiger partial charge on any atom is 0.393 e. The predicted molar refractivity (Wildman–Crippen MR) is 69.6 cm³/mol. The Labute approximate surface area is 116 Å². The van der Waals surface area contributed by atoms with Crippen LogP contribution in [0.3, 0.4) is 0 Å². The molecule has 1 aromatic rings. The fraction of sp³-hybridized carbons (Fsp3) is 0.600. The molecule has 0 radical (unpaired) electrons. The van der Waals surface area contributed by atoms with Crippen LogP contribution in [0.15, 0.2) is 24.3 Å². The average molecular weight is 285 g/mol. The summed E-state index contributed by atoms with van der Waals surface area (Å²) >= 11 is 0. The van der Waals surface area contributed by atoms with Crippen LogP contribution >= 0.6 is 0 Å². The Morgan fingerprint density at radius 1 is 1.05 bits per heavy atom. The second-order valence-electron chi connectivity index (χ2n) is 5.61. The summed E-state index contributed by atoms with van der Waals surface area (Å²) < 4.78 is 44.8. The minimum Gasteiger partial charge on any atom is -0.490 e. The van der Waals surface area contributed by atoms with E-state index in [9.17, 15) is 13.2 Å². The molecule has 1 saturated heterocycles. The van der Waals surface area contributed by atoms with E-state index in [4.69, 9.17) is 4.74 Å². The van der Waals surface area contributed by atoms with Crippen LogP contribution in [0.4, 0.5) is 13.2 Å². The topological polar surface area (TPSA) is 21.3 Å². The predicted octanol–water partition coefficient (Wildman–Crippen LogP) is 3.83. The first-order chi connectivity index (χ1) is 9.54. The summed E-state index contributed by atoms with van der Waals surface area (Å²) in [6, 6.07) is 6.41. The molecule has 0 spiro atoms. The second kappa shape index (κ2) is 5.28. The van der Waals surface area contributed by atoms with Crippen molar-refractivity contribution in [3.63, 3.8) is 0 Å². The van der Waals surface area contributed by atoms with Gasteiger partial charge in [-0.3, -0.25) is 0 Å². The number of benzene rings is 1. The van der Waals surface area contributed by atoms with Crippen LogP contribution in [0.1, 0.15) is 37.3 Å². The normalized spacial score (nSPS) is 27.4. The van der Waals surface area contributed by atoms with Crippen molar-refractivity contribution >= 4 is 0 Å². The van der Waals surface area contributed by atoms with Gasteiger partial charge in [0, 0.05) is 6.04 Å². The molecule has 1 aliphatic heterocycles. The standard InChI is InChI=1S/C15H18F3NO/c16-15(17,18)13-2-1-9-19-14(13)10-3-5-11(6-4-10)20-12-7-8-12/h3-6,12-14,19H,1-2,7-9H2. The number of halogens is 3. The molecule has 0 amide bonds. The van der Waals surface area contributed by atoms with Crippen molar-refractivity contribution < 1.29 is 17.9 Å². The first kappa shape index (κ1) is 13.7. The highest BCUT2D eigenvalue weighted by Crippen LogP contribution is 2.41. The Hall–Kier alpha value is -1.23. The first-order valence-corrected chi connectivity index (χ1v) is 7.11. The third-order valence-electron chi connectivity index (χ3n) is 3.95. The highest BCUT2D eigenvalue weighted by molar-refractivity contribution is 5.30. The van der Waals surface area contributed by atoms with Gasteiger partial charge in [-0.05, 0) is 49.9 Å². The number of alkyl halides is 3. The Balaban J connectivity index is 1.75. The van der Waals surface area contributed by atoms with Crippen molar-refractivity contribution in [2.24, 2.45) is 5.92 Å². The molecule has 1 saturated carbocycles. The van der Waals surface area contributed by atoms with Gasteiger partial charge < -0.3 is 10.1 Å². The smallest absolute Gasteiger partial charge is 0.393 e. The van der Waals surface area contributed by atoms with Gasteiger partial charge in [-0.15, -0.1) is 0 Å². The van der Waals surface area contributed by atoms with Gasteiger partial charge in [-0.2, -0.15) is 13.2 Å². The lowest BCUT2D eigenvalue weighted by molar-refractivity contribution is -0.189. The zero-order chi connectivity index (χ0) is 14.2. The van der Waals surface area contributed by atoms with Crippen LogP contribution in [-0.4, -0.2) is 18.8 Å². The molecule has 5 heteroatoms. The monoisotopic (exact) mass is 285 g/mol. The van der Waals surface area contributed by atoms with Crippen molar-refractivity contribution in [3.8, 4) is 5.75 Å². The van der Waals surface area contributed by atoms with Crippen molar-refractivity contribution in [2.75, 3.05) is 6.54 Å². The van der Waals surface area contributed by atoms with E-state index < -0.39 is 18.1 Å². The fourth-order valence-corrected chi connectivity index (χ4v) is 2.72. The third kappa shape index (κ3) is 3.08. The van der Waals surface area contributed by atoms with E-state index in [0.29, 0.717) is 24.6 Å². The second-order valence-corrected chi connectivity index (χ2v) is 5.61. The average Bonchev–Trinajstić information content (AvgIpc) is 3.23. The van der Waals surface area contributed by atoms with Gasteiger partial charge in [0.05, 0.1) is 12.0 Å². The molecule has 3 rings (SSSR count). The molecule has 2 aliphatic rings. The number of hydrogen-bond donors (Lipinski definition) is 1. The van der Waals surface area contributed by atoms with Crippen LogP contribution in [-0.2, 0) is 0 Å². The van der Waals surface area contributed by atoms with Gasteiger partial charge in [0.1, 0.15) is 5.75 Å². The van der Waals surface area contributed by atoms with E-state index in [2.05, 4.69) is 5.32 Å². The minimum atomic E-state index is -4.15. The molecule has 2 atom stereocenters. The third-order valence-corrected chi connectivity index (χ3v) is 3.95. The van der Waals surface area contributed by atoms with Gasteiger partial charge in [-0.1, -0.05) is 12.1 Å². The van der Waals surface area contributed by atoms with E-state index in [1.165, 1.54) is 0 Å². The molecule has 2 fully saturated rings. The number of piperidine rings is 1. The lowest BCUT2D eigenvalue weighted by Crippen LogP contribution is -2.41. The van der Waals surface area contributed by atoms with Crippen molar-refractivity contribution in [2.45, 2.75) is 44.0 Å². The van der Waals surface area contributed by atoms with Gasteiger partial charge in [-0.25, -0.2) is 0 Å². The fourth-order valence-electron chi connectivity index (χ4n) is 2.72. The zero-order valence-electron chi connectivity index (χ0n) is 11.1. The molecular formula is C15H18F3NO. The summed E-state index contributed by atoms with van der Waals surface area (Å²) in [5.74, 6) is -0.554. The van der Waals surface area contributed by atoms with E-state index in [0.717, 1.165) is 18.6 Å². The van der Waals surface area contributed by atoms with Crippen LogP contribution < -0.4 is 10.1 Å². The Bertz CT molecular complexity index is 453. The zero-order valence-corrected chi connectivity index (χ0v) is 11.1. The largest absolute Gasteiger partial charge is 0.490 e. The van der Waals surface area contributed by atoms with Gasteiger partial charge in [0.25, 0.3) is 0 Å². The molecule has 1 N–H and O–H groups in total. The van der Waals surface area contributed by atoms with Crippen LogP contribution in [0.5, 0.6) is 5.75 Å². The SMILES string of the molecule is FC(F)(F)C1CCCNC1c1ccc(OC2CC2)cc1. The number of hydrogen-bond acceptors (Lipinski definition) is 2. The molecular weight excluding hydrogens is 267 g/mol. The van der Waals surface area contributed by atoms with E-state index in [1.807, 2.05) is 0 Å². The molecule has 1 aromatic carbocycles. The molecule has 1 heterocycles. The Morgan fingerprint density at radius 3 is 2.35 bits per heavy atom. The first-order valence-electron chi connectivity index (χ1n) is 7.11. The summed E-state index contributed by atoms with van der Waals surface area (Å²) in [6.07, 6.45) is -0.937. The summed E-state index contributed by atoms with van der Waals surface area (Å²) in [5.41, 5.74) is 0.690. The lowest BCUT2D eigenvalue weighted by atomic mass is 9.86. The van der Waals surface area contributed by atoms with E-state index >= 15 is 0 Å². The summed E-state index contributed by atoms with van der Waals surface area (Å²) in [7, 11) is 0. The van der Waals surface area contributed by atoms with Crippen molar-refractivity contribution in [1.82, 2.24) is 5.32 Å². The van der Waals surface area contributed by atoms with Crippen LogP contribution in [0.2, 0.25) is 0 Å². The molecule has 2 nitrogen and oxygen atoms in total. The Kier molecular flexibility index (Phi) is 3.63. The van der Waals surface area contributed by atoms with Crippen LogP contribution in [0.25, 0.3) is 0 Å². The molecule has 20 heavy (non-hydrogen) atoms. The minimum absolute atomic E-state index is 0.196. The maximum absolute atomic E-state index is 13.1. The number of nitrogens with one attached hydrogen (secondary N) is 1. The van der Waals surface area contributed by atoms with Crippen molar-refractivity contribution in [1.29, 1.82) is 0 Å². The van der Waals surface area contributed by atoms with E-state index in [-0.39, 0.29) is 6.42 Å². The molecule has 110 valence electrons. The Morgan fingerprint density at radius 2 is 1.75 bits per heavy atom. The molecule has 0 bridgehead atoms. The van der Waals surface area contributed by atoms with Crippen molar-refractivity contribution in [3.05, 3.63) is 29.8 Å². The quantitative estimate of drug-likeness (QED) is 0.911. The summed E-state index contributed by atoms with van der Waals surface area (Å²) in [6.45, 7) is 0.636. The number of rotatable bonds is 3. The molecule has 1 aliphatic carbocycles. The highest BCUT2D eigenvalue weighted by Gasteiger charge is 2.45. The summed E-state index contributed by atoms with van der Waals surface area (Å²) in [4.78, 5) is 0. The van der Waals surface area contributed by atoms with Gasteiger partial charge in [0.15, 0.2) is 0 Å². The van der Waals surface area contributed by atoms with Gasteiger partial charge >= 0.3 is 6.18 Å². The van der Waals surface area contributed by atoms with Crippen LogP contribution in [0, 0.1) is 5.92 Å². The summed E-state index contributed by atoms with van der Waals surface area (Å²) in [5, 5.41) is 3.00.